The van der Waals surface area contributed by atoms with Crippen LogP contribution in [0.2, 0.25) is 0 Å². The first kappa shape index (κ1) is 13.6. The van der Waals surface area contributed by atoms with E-state index in [0.29, 0.717) is 11.9 Å². The molecule has 2 aromatic heterocycles. The number of amides is 1. The Labute approximate surface area is 123 Å². The van der Waals surface area contributed by atoms with E-state index in [1.165, 1.54) is 6.92 Å². The Morgan fingerprint density at radius 3 is 3.00 bits per heavy atom. The van der Waals surface area contributed by atoms with Crippen molar-refractivity contribution in [3.8, 4) is 0 Å². The Morgan fingerprint density at radius 2 is 2.24 bits per heavy atom. The Bertz CT molecular complexity index is 651. The number of hydrogen-bond acceptors (Lipinski definition) is 4. The molecule has 0 saturated carbocycles. The van der Waals surface area contributed by atoms with Gasteiger partial charge in [0.05, 0.1) is 6.04 Å². The first-order chi connectivity index (χ1) is 10.1. The minimum absolute atomic E-state index is 0.0998. The van der Waals surface area contributed by atoms with Crippen molar-refractivity contribution in [2.45, 2.75) is 26.3 Å². The van der Waals surface area contributed by atoms with E-state index < -0.39 is 0 Å². The summed E-state index contributed by atoms with van der Waals surface area (Å²) in [6.07, 6.45) is 2.94. The second-order valence-electron chi connectivity index (χ2n) is 5.39. The van der Waals surface area contributed by atoms with Crippen LogP contribution in [0, 0.1) is 6.92 Å². The molecule has 1 saturated heterocycles. The minimum Gasteiger partial charge on any atom is -0.354 e. The van der Waals surface area contributed by atoms with Crippen LogP contribution in [0.25, 0.3) is 0 Å². The molecule has 0 bridgehead atoms. The van der Waals surface area contributed by atoms with Gasteiger partial charge in [-0.2, -0.15) is 5.10 Å². The summed E-state index contributed by atoms with van der Waals surface area (Å²) in [5.74, 6) is 1.53. The molecular formula is C15H19N5O. The molecule has 1 atom stereocenters. The van der Waals surface area contributed by atoms with E-state index in [4.69, 9.17) is 0 Å². The molecule has 3 heterocycles. The number of pyridine rings is 1. The molecule has 1 amide bonds. The predicted octanol–water partition coefficient (Wildman–Crippen LogP) is 2.00. The van der Waals surface area contributed by atoms with Crippen molar-refractivity contribution in [1.82, 2.24) is 14.8 Å². The SMILES string of the molecule is CC(=O)Nc1ccn([C@@H]2CCN(c3cccc(C)n3)C2)n1. The lowest BCUT2D eigenvalue weighted by molar-refractivity contribution is -0.114. The molecule has 0 radical (unpaired) electrons. The van der Waals surface area contributed by atoms with Gasteiger partial charge >= 0.3 is 0 Å². The van der Waals surface area contributed by atoms with Crippen LogP contribution < -0.4 is 10.2 Å². The molecule has 1 aliphatic heterocycles. The number of aryl methyl sites for hydroxylation is 1. The summed E-state index contributed by atoms with van der Waals surface area (Å²) in [7, 11) is 0. The minimum atomic E-state index is -0.0998. The average Bonchev–Trinajstić information content (AvgIpc) is 3.06. The van der Waals surface area contributed by atoms with Crippen LogP contribution in [0.5, 0.6) is 0 Å². The van der Waals surface area contributed by atoms with E-state index in [1.54, 1.807) is 0 Å². The third-order valence-electron chi connectivity index (χ3n) is 3.65. The fourth-order valence-electron chi connectivity index (χ4n) is 2.66. The quantitative estimate of drug-likeness (QED) is 0.937. The van der Waals surface area contributed by atoms with Gasteiger partial charge in [0.15, 0.2) is 5.82 Å². The molecule has 2 aromatic rings. The Kier molecular flexibility index (Phi) is 3.60. The lowest BCUT2D eigenvalue weighted by Gasteiger charge is -2.17. The second-order valence-corrected chi connectivity index (χ2v) is 5.39. The normalized spacial score (nSPS) is 18.0. The van der Waals surface area contributed by atoms with Crippen molar-refractivity contribution in [2.75, 3.05) is 23.3 Å². The summed E-state index contributed by atoms with van der Waals surface area (Å²) in [4.78, 5) is 17.9. The largest absolute Gasteiger partial charge is 0.354 e. The molecule has 1 fully saturated rings. The van der Waals surface area contributed by atoms with Gasteiger partial charge in [-0.05, 0) is 25.5 Å². The zero-order chi connectivity index (χ0) is 14.8. The van der Waals surface area contributed by atoms with Gasteiger partial charge in [-0.15, -0.1) is 0 Å². The molecule has 21 heavy (non-hydrogen) atoms. The van der Waals surface area contributed by atoms with E-state index >= 15 is 0 Å². The third-order valence-corrected chi connectivity index (χ3v) is 3.65. The standard InChI is InChI=1S/C15H19N5O/c1-11-4-3-5-15(16-11)19-8-6-13(10-19)20-9-7-14(18-20)17-12(2)21/h3-5,7,9,13H,6,8,10H2,1-2H3,(H,17,18,21)/t13-/m1/s1. The van der Waals surface area contributed by atoms with Crippen molar-refractivity contribution in [1.29, 1.82) is 0 Å². The number of hydrogen-bond donors (Lipinski definition) is 1. The van der Waals surface area contributed by atoms with Gasteiger partial charge in [0.25, 0.3) is 0 Å². The van der Waals surface area contributed by atoms with Crippen molar-refractivity contribution in [3.05, 3.63) is 36.2 Å². The Morgan fingerprint density at radius 1 is 1.38 bits per heavy atom. The highest BCUT2D eigenvalue weighted by Gasteiger charge is 2.25. The summed E-state index contributed by atoms with van der Waals surface area (Å²) in [6, 6.07) is 8.23. The van der Waals surface area contributed by atoms with Gasteiger partial charge in [-0.25, -0.2) is 4.98 Å². The van der Waals surface area contributed by atoms with Crippen LogP contribution in [-0.2, 0) is 4.79 Å². The van der Waals surface area contributed by atoms with E-state index in [9.17, 15) is 4.79 Å². The van der Waals surface area contributed by atoms with Gasteiger partial charge < -0.3 is 10.2 Å². The van der Waals surface area contributed by atoms with Crippen LogP contribution in [0.4, 0.5) is 11.6 Å². The van der Waals surface area contributed by atoms with Gasteiger partial charge in [-0.1, -0.05) is 6.07 Å². The number of rotatable bonds is 3. The maximum absolute atomic E-state index is 11.0. The molecule has 0 spiro atoms. The summed E-state index contributed by atoms with van der Waals surface area (Å²) in [5, 5.41) is 7.12. The van der Waals surface area contributed by atoms with Gasteiger partial charge in [0, 0.05) is 38.0 Å². The highest BCUT2D eigenvalue weighted by molar-refractivity contribution is 5.87. The first-order valence-corrected chi connectivity index (χ1v) is 7.13. The molecule has 6 nitrogen and oxygen atoms in total. The maximum atomic E-state index is 11.0. The lowest BCUT2D eigenvalue weighted by atomic mass is 10.3. The number of carbonyl (C=O) groups is 1. The van der Waals surface area contributed by atoms with Crippen molar-refractivity contribution in [2.24, 2.45) is 0 Å². The maximum Gasteiger partial charge on any atom is 0.222 e. The average molecular weight is 285 g/mol. The summed E-state index contributed by atoms with van der Waals surface area (Å²) in [6.45, 7) is 5.35. The second kappa shape index (κ2) is 5.55. The smallest absolute Gasteiger partial charge is 0.222 e. The highest BCUT2D eigenvalue weighted by atomic mass is 16.1. The molecule has 0 aromatic carbocycles. The number of anilines is 2. The first-order valence-electron chi connectivity index (χ1n) is 7.13. The number of carbonyl (C=O) groups excluding carboxylic acids is 1. The van der Waals surface area contributed by atoms with Crippen LogP contribution in [-0.4, -0.2) is 33.8 Å². The van der Waals surface area contributed by atoms with Crippen LogP contribution >= 0.6 is 0 Å². The van der Waals surface area contributed by atoms with Crippen LogP contribution in [0.15, 0.2) is 30.5 Å². The molecule has 1 N–H and O–H groups in total. The van der Waals surface area contributed by atoms with E-state index in [2.05, 4.69) is 20.3 Å². The zero-order valence-corrected chi connectivity index (χ0v) is 12.3. The fraction of sp³-hybridized carbons (Fsp3) is 0.400. The van der Waals surface area contributed by atoms with Gasteiger partial charge in [-0.3, -0.25) is 9.48 Å². The summed E-state index contributed by atoms with van der Waals surface area (Å²) < 4.78 is 1.93. The molecule has 3 rings (SSSR count). The highest BCUT2D eigenvalue weighted by Crippen LogP contribution is 2.25. The van der Waals surface area contributed by atoms with E-state index in [0.717, 1.165) is 31.0 Å². The van der Waals surface area contributed by atoms with Crippen LogP contribution in [0.1, 0.15) is 25.1 Å². The molecule has 110 valence electrons. The van der Waals surface area contributed by atoms with Crippen LogP contribution in [0.3, 0.4) is 0 Å². The summed E-state index contributed by atoms with van der Waals surface area (Å²) in [5.41, 5.74) is 1.03. The lowest BCUT2D eigenvalue weighted by Crippen LogP contribution is -2.22. The van der Waals surface area contributed by atoms with Crippen molar-refractivity contribution >= 4 is 17.5 Å². The zero-order valence-electron chi connectivity index (χ0n) is 12.3. The molecular weight excluding hydrogens is 266 g/mol. The Balaban J connectivity index is 1.69. The predicted molar refractivity (Wildman–Crippen MR) is 81.4 cm³/mol. The Hall–Kier alpha value is -2.37. The molecule has 0 aliphatic carbocycles. The number of aromatic nitrogens is 3. The van der Waals surface area contributed by atoms with E-state index in [1.807, 2.05) is 42.1 Å². The topological polar surface area (TPSA) is 63.1 Å². The van der Waals surface area contributed by atoms with Crippen molar-refractivity contribution in [3.63, 3.8) is 0 Å². The number of nitrogens with zero attached hydrogens (tertiary/aromatic N) is 4. The van der Waals surface area contributed by atoms with Crippen molar-refractivity contribution < 1.29 is 4.79 Å². The fourth-order valence-corrected chi connectivity index (χ4v) is 2.66. The molecule has 0 unspecified atom stereocenters. The van der Waals surface area contributed by atoms with E-state index in [-0.39, 0.29) is 5.91 Å². The number of nitrogens with one attached hydrogen (secondary N) is 1. The third kappa shape index (κ3) is 3.04. The van der Waals surface area contributed by atoms with Gasteiger partial charge in [0.2, 0.25) is 5.91 Å². The molecule has 6 heteroatoms. The molecule has 1 aliphatic rings. The monoisotopic (exact) mass is 285 g/mol. The summed E-state index contributed by atoms with van der Waals surface area (Å²) >= 11 is 0. The van der Waals surface area contributed by atoms with Gasteiger partial charge in [0.1, 0.15) is 5.82 Å².